The van der Waals surface area contributed by atoms with Gasteiger partial charge in [0.15, 0.2) is 0 Å². The van der Waals surface area contributed by atoms with Gasteiger partial charge in [-0.25, -0.2) is 4.98 Å². The number of aliphatic hydroxyl groups is 1. The van der Waals surface area contributed by atoms with Crippen molar-refractivity contribution < 1.29 is 18.3 Å². The molecule has 0 spiro atoms. The normalized spacial score (nSPS) is 22.9. The summed E-state index contributed by atoms with van der Waals surface area (Å²) in [5.41, 5.74) is -1.81. The van der Waals surface area contributed by atoms with E-state index >= 15 is 0 Å². The second-order valence-corrected chi connectivity index (χ2v) is 4.95. The van der Waals surface area contributed by atoms with Crippen LogP contribution in [0.1, 0.15) is 11.6 Å². The largest absolute Gasteiger partial charge is 0.417 e. The van der Waals surface area contributed by atoms with Gasteiger partial charge in [-0.1, -0.05) is 6.07 Å². The van der Waals surface area contributed by atoms with Crippen molar-refractivity contribution in [1.82, 2.24) is 14.9 Å². The zero-order valence-electron chi connectivity index (χ0n) is 10.8. The van der Waals surface area contributed by atoms with Crippen molar-refractivity contribution in [2.45, 2.75) is 18.3 Å². The first-order chi connectivity index (χ1) is 9.89. The monoisotopic (exact) mass is 299 g/mol. The number of aliphatic hydroxyl groups excluding tert-OH is 1. The van der Waals surface area contributed by atoms with E-state index in [1.165, 1.54) is 18.5 Å². The predicted molar refractivity (Wildman–Crippen MR) is 68.9 cm³/mol. The van der Waals surface area contributed by atoms with Crippen molar-refractivity contribution in [3.63, 3.8) is 0 Å². The Hall–Kier alpha value is -1.93. The Bertz CT molecular complexity index is 741. The SMILES string of the molecule is O=c1c2c(C(F)(F)F)cccc2ncn1[C@H]1CNC[C@H]1O. The Morgan fingerprint density at radius 1 is 1.33 bits per heavy atom. The van der Waals surface area contributed by atoms with Gasteiger partial charge in [-0.15, -0.1) is 0 Å². The molecule has 1 aliphatic rings. The minimum absolute atomic E-state index is 0.00785. The Morgan fingerprint density at radius 2 is 2.10 bits per heavy atom. The van der Waals surface area contributed by atoms with E-state index in [1.54, 1.807) is 0 Å². The topological polar surface area (TPSA) is 67.2 Å². The molecule has 1 fully saturated rings. The fourth-order valence-electron chi connectivity index (χ4n) is 2.59. The highest BCUT2D eigenvalue weighted by Gasteiger charge is 2.35. The van der Waals surface area contributed by atoms with Crippen LogP contribution in [0.15, 0.2) is 29.3 Å². The molecule has 2 N–H and O–H groups in total. The van der Waals surface area contributed by atoms with Crippen molar-refractivity contribution >= 4 is 10.9 Å². The molecule has 1 saturated heterocycles. The maximum absolute atomic E-state index is 13.0. The van der Waals surface area contributed by atoms with Gasteiger partial charge < -0.3 is 10.4 Å². The third-order valence-electron chi connectivity index (χ3n) is 3.63. The number of rotatable bonds is 1. The lowest BCUT2D eigenvalue weighted by molar-refractivity contribution is -0.136. The highest BCUT2D eigenvalue weighted by atomic mass is 19.4. The molecular weight excluding hydrogens is 287 g/mol. The molecule has 8 heteroatoms. The molecule has 2 aromatic rings. The Labute approximate surface area is 117 Å². The number of nitrogens with one attached hydrogen (secondary N) is 1. The lowest BCUT2D eigenvalue weighted by atomic mass is 10.1. The molecule has 0 amide bonds. The molecular formula is C13H12F3N3O2. The van der Waals surface area contributed by atoms with Crippen molar-refractivity contribution in [1.29, 1.82) is 0 Å². The molecule has 1 aromatic heterocycles. The summed E-state index contributed by atoms with van der Waals surface area (Å²) in [7, 11) is 0. The highest BCUT2D eigenvalue weighted by molar-refractivity contribution is 5.81. The van der Waals surface area contributed by atoms with E-state index in [4.69, 9.17) is 0 Å². The molecule has 3 rings (SSSR count). The summed E-state index contributed by atoms with van der Waals surface area (Å²) < 4.78 is 40.2. The van der Waals surface area contributed by atoms with Gasteiger partial charge in [0.25, 0.3) is 5.56 Å². The fourth-order valence-corrected chi connectivity index (χ4v) is 2.59. The van der Waals surface area contributed by atoms with Crippen molar-refractivity contribution in [3.05, 3.63) is 40.4 Å². The van der Waals surface area contributed by atoms with E-state index in [0.29, 0.717) is 6.54 Å². The van der Waals surface area contributed by atoms with Crippen LogP contribution in [0.5, 0.6) is 0 Å². The summed E-state index contributed by atoms with van der Waals surface area (Å²) in [6.07, 6.45) is -4.28. The number of nitrogens with zero attached hydrogens (tertiary/aromatic N) is 2. The lowest BCUT2D eigenvalue weighted by Crippen LogP contribution is -2.32. The van der Waals surface area contributed by atoms with Gasteiger partial charge in [-0.2, -0.15) is 13.2 Å². The molecule has 2 heterocycles. The van der Waals surface area contributed by atoms with E-state index in [9.17, 15) is 23.1 Å². The Kier molecular flexibility index (Phi) is 3.22. The van der Waals surface area contributed by atoms with Crippen molar-refractivity contribution in [2.75, 3.05) is 13.1 Å². The van der Waals surface area contributed by atoms with Gasteiger partial charge in [0.2, 0.25) is 0 Å². The third kappa shape index (κ3) is 2.30. The number of hydrogen-bond acceptors (Lipinski definition) is 4. The number of alkyl halides is 3. The standard InChI is InChI=1S/C13H12F3N3O2/c14-13(15,16)7-2-1-3-8-11(7)12(21)19(6-18-8)9-4-17-5-10(9)20/h1-3,6,9-10,17,20H,4-5H2/t9-,10+/m0/s1. The average molecular weight is 299 g/mol. The first-order valence-corrected chi connectivity index (χ1v) is 6.35. The van der Waals surface area contributed by atoms with Gasteiger partial charge >= 0.3 is 6.18 Å². The maximum Gasteiger partial charge on any atom is 0.417 e. The van der Waals surface area contributed by atoms with Crippen LogP contribution >= 0.6 is 0 Å². The average Bonchev–Trinajstić information content (AvgIpc) is 2.84. The molecule has 0 saturated carbocycles. The molecule has 1 aromatic carbocycles. The summed E-state index contributed by atoms with van der Waals surface area (Å²) in [4.78, 5) is 16.3. The molecule has 0 aliphatic carbocycles. The molecule has 112 valence electrons. The van der Waals surface area contributed by atoms with Crippen LogP contribution in [0.2, 0.25) is 0 Å². The summed E-state index contributed by atoms with van der Waals surface area (Å²) in [6, 6.07) is 2.82. The number of halogens is 3. The number of aromatic nitrogens is 2. The van der Waals surface area contributed by atoms with Gasteiger partial charge in [0, 0.05) is 13.1 Å². The molecule has 1 aliphatic heterocycles. The first-order valence-electron chi connectivity index (χ1n) is 6.35. The lowest BCUT2D eigenvalue weighted by Gasteiger charge is -2.18. The summed E-state index contributed by atoms with van der Waals surface area (Å²) in [5, 5.41) is 12.2. The highest BCUT2D eigenvalue weighted by Crippen LogP contribution is 2.32. The van der Waals surface area contributed by atoms with Crippen LogP contribution < -0.4 is 10.9 Å². The van der Waals surface area contributed by atoms with Gasteiger partial charge in [-0.3, -0.25) is 9.36 Å². The van der Waals surface area contributed by atoms with Crippen LogP contribution in [0.25, 0.3) is 10.9 Å². The molecule has 0 bridgehead atoms. The number of benzene rings is 1. The Morgan fingerprint density at radius 3 is 2.71 bits per heavy atom. The van der Waals surface area contributed by atoms with Crippen LogP contribution in [0.4, 0.5) is 13.2 Å². The Balaban J connectivity index is 2.27. The second kappa shape index (κ2) is 4.81. The number of β-amino-alcohol motifs (C(OH)–C–C–N with tert-alkyl or cyclic N) is 1. The second-order valence-electron chi connectivity index (χ2n) is 4.95. The molecule has 5 nitrogen and oxygen atoms in total. The fraction of sp³-hybridized carbons (Fsp3) is 0.385. The number of fused-ring (bicyclic) bond motifs is 1. The third-order valence-corrected chi connectivity index (χ3v) is 3.63. The predicted octanol–water partition coefficient (Wildman–Crippen LogP) is 0.920. The van der Waals surface area contributed by atoms with Crippen molar-refractivity contribution in [3.8, 4) is 0 Å². The first kappa shape index (κ1) is 14.0. The van der Waals surface area contributed by atoms with E-state index in [1.807, 2.05) is 0 Å². The van der Waals surface area contributed by atoms with Crippen LogP contribution in [-0.2, 0) is 6.18 Å². The van der Waals surface area contributed by atoms with Crippen LogP contribution in [0, 0.1) is 0 Å². The summed E-state index contributed by atoms with van der Waals surface area (Å²) >= 11 is 0. The minimum atomic E-state index is -4.63. The van der Waals surface area contributed by atoms with E-state index < -0.39 is 34.8 Å². The summed E-state index contributed by atoms with van der Waals surface area (Å²) in [6.45, 7) is 0.596. The van der Waals surface area contributed by atoms with Gasteiger partial charge in [0.05, 0.1) is 34.9 Å². The smallest absolute Gasteiger partial charge is 0.390 e. The number of hydrogen-bond donors (Lipinski definition) is 2. The zero-order valence-corrected chi connectivity index (χ0v) is 10.8. The van der Waals surface area contributed by atoms with Crippen LogP contribution in [-0.4, -0.2) is 33.9 Å². The molecule has 21 heavy (non-hydrogen) atoms. The van der Waals surface area contributed by atoms with E-state index in [0.717, 1.165) is 10.6 Å². The van der Waals surface area contributed by atoms with Gasteiger partial charge in [-0.05, 0) is 12.1 Å². The van der Waals surface area contributed by atoms with E-state index in [2.05, 4.69) is 10.3 Å². The maximum atomic E-state index is 13.0. The van der Waals surface area contributed by atoms with Crippen LogP contribution in [0.3, 0.4) is 0 Å². The zero-order chi connectivity index (χ0) is 15.2. The van der Waals surface area contributed by atoms with E-state index in [-0.39, 0.29) is 12.1 Å². The summed E-state index contributed by atoms with van der Waals surface area (Å²) in [5.74, 6) is 0. The molecule has 2 atom stereocenters. The molecule has 0 unspecified atom stereocenters. The quantitative estimate of drug-likeness (QED) is 0.822. The minimum Gasteiger partial charge on any atom is -0.390 e. The van der Waals surface area contributed by atoms with Crippen molar-refractivity contribution in [2.24, 2.45) is 0 Å². The molecule has 0 radical (unpaired) electrons. The van der Waals surface area contributed by atoms with Gasteiger partial charge in [0.1, 0.15) is 0 Å².